The quantitative estimate of drug-likeness (QED) is 0.825. The highest BCUT2D eigenvalue weighted by Gasteiger charge is 2.13. The second-order valence-corrected chi connectivity index (χ2v) is 5.77. The van der Waals surface area contributed by atoms with Crippen molar-refractivity contribution < 1.29 is 0 Å². The lowest BCUT2D eigenvalue weighted by Gasteiger charge is -2.14. The molecule has 1 N–H and O–H groups in total. The summed E-state index contributed by atoms with van der Waals surface area (Å²) in [5.74, 6) is 0.656. The Hall–Kier alpha value is -0.540. The van der Waals surface area contributed by atoms with E-state index in [9.17, 15) is 0 Å². The fourth-order valence-electron chi connectivity index (χ4n) is 2.01. The fourth-order valence-corrected chi connectivity index (χ4v) is 2.40. The number of nitrogens with one attached hydrogen (secondary N) is 1. The van der Waals surface area contributed by atoms with Crippen molar-refractivity contribution in [3.05, 3.63) is 16.4 Å². The Morgan fingerprint density at radius 2 is 2.00 bits per heavy atom. The molecule has 0 aliphatic rings. The maximum absolute atomic E-state index is 6.34. The van der Waals surface area contributed by atoms with Gasteiger partial charge in [0.1, 0.15) is 0 Å². The molecule has 0 spiro atoms. The van der Waals surface area contributed by atoms with Crippen LogP contribution in [0.2, 0.25) is 5.02 Å². The predicted molar refractivity (Wildman–Crippen MR) is 78.2 cm³/mol. The maximum Gasteiger partial charge on any atom is 0.0849 e. The molecule has 0 saturated carbocycles. The van der Waals surface area contributed by atoms with Crippen LogP contribution in [-0.2, 0) is 19.9 Å². The minimum absolute atomic E-state index is 0.555. The average Bonchev–Trinajstić information content (AvgIpc) is 2.59. The van der Waals surface area contributed by atoms with Gasteiger partial charge in [0.05, 0.1) is 16.4 Å². The monoisotopic (exact) mass is 271 g/mol. The van der Waals surface area contributed by atoms with Crippen LogP contribution in [0, 0.1) is 5.92 Å². The molecule has 1 atom stereocenters. The van der Waals surface area contributed by atoms with Gasteiger partial charge in [-0.1, -0.05) is 39.3 Å². The zero-order valence-electron chi connectivity index (χ0n) is 12.3. The first kappa shape index (κ1) is 15.5. The van der Waals surface area contributed by atoms with Crippen molar-refractivity contribution in [3.63, 3.8) is 0 Å². The van der Waals surface area contributed by atoms with Crippen molar-refractivity contribution in [1.29, 1.82) is 0 Å². The molecule has 0 radical (unpaired) electrons. The van der Waals surface area contributed by atoms with Crippen molar-refractivity contribution in [3.8, 4) is 0 Å². The SMILES string of the molecule is CCc1nn(C)c(CCC(C)CNC(C)C)c1Cl. The predicted octanol–water partition coefficient (Wildman–Crippen LogP) is 3.20. The topological polar surface area (TPSA) is 29.9 Å². The molecule has 0 amide bonds. The fraction of sp³-hybridized carbons (Fsp3) is 0.786. The first-order chi connectivity index (χ1) is 8.45. The molecule has 3 nitrogen and oxygen atoms in total. The van der Waals surface area contributed by atoms with Crippen molar-refractivity contribution in [2.75, 3.05) is 6.54 Å². The summed E-state index contributed by atoms with van der Waals surface area (Å²) >= 11 is 6.34. The summed E-state index contributed by atoms with van der Waals surface area (Å²) in [5.41, 5.74) is 2.19. The molecule has 1 aromatic heterocycles. The largest absolute Gasteiger partial charge is 0.314 e. The Kier molecular flexibility index (Phi) is 6.16. The number of rotatable bonds is 7. The number of aryl methyl sites for hydroxylation is 2. The van der Waals surface area contributed by atoms with Crippen LogP contribution in [0.5, 0.6) is 0 Å². The van der Waals surface area contributed by atoms with Crippen molar-refractivity contribution >= 4 is 11.6 Å². The minimum Gasteiger partial charge on any atom is -0.314 e. The van der Waals surface area contributed by atoms with Crippen LogP contribution in [0.25, 0.3) is 0 Å². The van der Waals surface area contributed by atoms with E-state index in [1.165, 1.54) is 5.69 Å². The zero-order valence-corrected chi connectivity index (χ0v) is 13.0. The number of nitrogens with zero attached hydrogens (tertiary/aromatic N) is 2. The third-order valence-electron chi connectivity index (χ3n) is 3.25. The molecular formula is C14H26ClN3. The van der Waals surface area contributed by atoms with Gasteiger partial charge in [-0.25, -0.2) is 0 Å². The molecule has 1 unspecified atom stereocenters. The molecule has 0 aliphatic carbocycles. The van der Waals surface area contributed by atoms with Gasteiger partial charge in [-0.15, -0.1) is 0 Å². The van der Waals surface area contributed by atoms with Crippen LogP contribution in [-0.4, -0.2) is 22.4 Å². The van der Waals surface area contributed by atoms with Crippen molar-refractivity contribution in [1.82, 2.24) is 15.1 Å². The van der Waals surface area contributed by atoms with Crippen LogP contribution in [0.15, 0.2) is 0 Å². The number of aromatic nitrogens is 2. The van der Waals surface area contributed by atoms with E-state index in [-0.39, 0.29) is 0 Å². The molecule has 104 valence electrons. The lowest BCUT2D eigenvalue weighted by atomic mass is 10.0. The minimum atomic E-state index is 0.555. The molecule has 0 saturated heterocycles. The van der Waals surface area contributed by atoms with Crippen LogP contribution >= 0.6 is 11.6 Å². The summed E-state index contributed by atoms with van der Waals surface area (Å²) in [4.78, 5) is 0. The highest BCUT2D eigenvalue weighted by molar-refractivity contribution is 6.31. The van der Waals surface area contributed by atoms with Gasteiger partial charge >= 0.3 is 0 Å². The summed E-state index contributed by atoms with van der Waals surface area (Å²) in [5, 5.41) is 8.79. The lowest BCUT2D eigenvalue weighted by Crippen LogP contribution is -2.28. The van der Waals surface area contributed by atoms with Crippen molar-refractivity contribution in [2.45, 2.75) is 53.0 Å². The summed E-state index contributed by atoms with van der Waals surface area (Å²) in [7, 11) is 1.98. The Morgan fingerprint density at radius 1 is 1.33 bits per heavy atom. The van der Waals surface area contributed by atoms with Crippen LogP contribution in [0.4, 0.5) is 0 Å². The van der Waals surface area contributed by atoms with E-state index in [0.717, 1.165) is 36.5 Å². The summed E-state index contributed by atoms with van der Waals surface area (Å²) in [6.07, 6.45) is 3.04. The lowest BCUT2D eigenvalue weighted by molar-refractivity contribution is 0.449. The van der Waals surface area contributed by atoms with E-state index < -0.39 is 0 Å². The molecular weight excluding hydrogens is 246 g/mol. The van der Waals surface area contributed by atoms with Gasteiger partial charge in [-0.05, 0) is 31.7 Å². The summed E-state index contributed by atoms with van der Waals surface area (Å²) in [6, 6.07) is 0.555. The maximum atomic E-state index is 6.34. The summed E-state index contributed by atoms with van der Waals surface area (Å²) < 4.78 is 1.93. The Bertz CT molecular complexity index is 371. The third-order valence-corrected chi connectivity index (χ3v) is 3.69. The highest BCUT2D eigenvalue weighted by Crippen LogP contribution is 2.23. The van der Waals surface area contributed by atoms with Gasteiger partial charge in [0.15, 0.2) is 0 Å². The molecule has 18 heavy (non-hydrogen) atoms. The molecule has 0 aromatic carbocycles. The molecule has 1 aromatic rings. The Labute approximate surface area is 116 Å². The van der Waals surface area contributed by atoms with Gasteiger partial charge in [-0.2, -0.15) is 5.10 Å². The van der Waals surface area contributed by atoms with E-state index in [1.54, 1.807) is 0 Å². The molecule has 0 bridgehead atoms. The van der Waals surface area contributed by atoms with Crippen LogP contribution in [0.3, 0.4) is 0 Å². The molecule has 0 aliphatic heterocycles. The third kappa shape index (κ3) is 4.29. The van der Waals surface area contributed by atoms with E-state index in [0.29, 0.717) is 12.0 Å². The Morgan fingerprint density at radius 3 is 2.50 bits per heavy atom. The first-order valence-electron chi connectivity index (χ1n) is 6.89. The van der Waals surface area contributed by atoms with Gasteiger partial charge in [0.25, 0.3) is 0 Å². The average molecular weight is 272 g/mol. The van der Waals surface area contributed by atoms with Crippen LogP contribution in [0.1, 0.15) is 45.5 Å². The molecule has 1 heterocycles. The molecule has 0 fully saturated rings. The number of hydrogen-bond acceptors (Lipinski definition) is 2. The van der Waals surface area contributed by atoms with Gasteiger partial charge in [0, 0.05) is 13.1 Å². The second-order valence-electron chi connectivity index (χ2n) is 5.39. The van der Waals surface area contributed by atoms with Crippen molar-refractivity contribution in [2.24, 2.45) is 13.0 Å². The molecule has 1 rings (SSSR count). The standard InChI is InChI=1S/C14H26ClN3/c1-6-12-14(15)13(18(5)17-12)8-7-11(4)9-16-10(2)3/h10-11,16H,6-9H2,1-5H3. The van der Waals surface area contributed by atoms with E-state index >= 15 is 0 Å². The van der Waals surface area contributed by atoms with E-state index in [4.69, 9.17) is 11.6 Å². The van der Waals surface area contributed by atoms with Gasteiger partial charge in [0.2, 0.25) is 0 Å². The second kappa shape index (κ2) is 7.15. The molecule has 4 heteroatoms. The normalized spacial score (nSPS) is 13.3. The van der Waals surface area contributed by atoms with Gasteiger partial charge < -0.3 is 5.32 Å². The smallest absolute Gasteiger partial charge is 0.0849 e. The number of hydrogen-bond donors (Lipinski definition) is 1. The Balaban J connectivity index is 2.50. The van der Waals surface area contributed by atoms with Gasteiger partial charge in [-0.3, -0.25) is 4.68 Å². The number of halogens is 1. The first-order valence-corrected chi connectivity index (χ1v) is 7.27. The van der Waals surface area contributed by atoms with E-state index in [2.05, 4.69) is 38.1 Å². The van der Waals surface area contributed by atoms with Crippen LogP contribution < -0.4 is 5.32 Å². The zero-order chi connectivity index (χ0) is 13.7. The highest BCUT2D eigenvalue weighted by atomic mass is 35.5. The summed E-state index contributed by atoms with van der Waals surface area (Å²) in [6.45, 7) is 9.79. The van der Waals surface area contributed by atoms with E-state index in [1.807, 2.05) is 11.7 Å².